The first-order valence-electron chi connectivity index (χ1n) is 5.47. The normalized spacial score (nSPS) is 19.2. The molecular formula is C12H13NO3S. The summed E-state index contributed by atoms with van der Waals surface area (Å²) in [7, 11) is 0. The number of carbonyl (C=O) groups excluding carboxylic acids is 1. The standard InChI is InChI=1S/C12H13NO3S/c1-8-3-2-4-10(13(15)16)11(8)12(14)9-5-6-17-7-9/h2-4,9H,5-7H2,1H3. The van der Waals surface area contributed by atoms with Gasteiger partial charge in [-0.25, -0.2) is 0 Å². The summed E-state index contributed by atoms with van der Waals surface area (Å²) in [5.74, 6) is 1.63. The summed E-state index contributed by atoms with van der Waals surface area (Å²) in [6.07, 6.45) is 0.828. The number of nitrogens with zero attached hydrogens (tertiary/aromatic N) is 1. The molecule has 0 N–H and O–H groups in total. The van der Waals surface area contributed by atoms with Gasteiger partial charge in [-0.05, 0) is 24.7 Å². The van der Waals surface area contributed by atoms with E-state index in [-0.39, 0.29) is 17.4 Å². The van der Waals surface area contributed by atoms with Crippen LogP contribution in [0.4, 0.5) is 5.69 Å². The summed E-state index contributed by atoms with van der Waals surface area (Å²) >= 11 is 1.73. The number of nitro groups is 1. The zero-order valence-corrected chi connectivity index (χ0v) is 10.3. The molecule has 1 saturated heterocycles. The molecule has 0 bridgehead atoms. The van der Waals surface area contributed by atoms with Crippen LogP contribution < -0.4 is 0 Å². The molecule has 1 atom stereocenters. The van der Waals surface area contributed by atoms with Crippen molar-refractivity contribution in [1.29, 1.82) is 0 Å². The van der Waals surface area contributed by atoms with Crippen molar-refractivity contribution in [3.63, 3.8) is 0 Å². The molecule has 5 heteroatoms. The molecular weight excluding hydrogens is 238 g/mol. The second-order valence-electron chi connectivity index (χ2n) is 4.15. The maximum absolute atomic E-state index is 12.3. The number of benzene rings is 1. The number of nitro benzene ring substituents is 1. The minimum Gasteiger partial charge on any atom is -0.294 e. The molecule has 4 nitrogen and oxygen atoms in total. The molecule has 0 radical (unpaired) electrons. The number of carbonyl (C=O) groups is 1. The highest BCUT2D eigenvalue weighted by atomic mass is 32.2. The zero-order chi connectivity index (χ0) is 12.4. The molecule has 17 heavy (non-hydrogen) atoms. The maximum atomic E-state index is 12.3. The Bertz CT molecular complexity index is 467. The van der Waals surface area contributed by atoms with Crippen molar-refractivity contribution in [2.24, 2.45) is 5.92 Å². The fourth-order valence-electron chi connectivity index (χ4n) is 2.07. The van der Waals surface area contributed by atoms with Gasteiger partial charge in [0.15, 0.2) is 5.78 Å². The lowest BCUT2D eigenvalue weighted by molar-refractivity contribution is -0.385. The van der Waals surface area contributed by atoms with Crippen molar-refractivity contribution in [3.05, 3.63) is 39.4 Å². The molecule has 1 aliphatic heterocycles. The van der Waals surface area contributed by atoms with Gasteiger partial charge >= 0.3 is 0 Å². The summed E-state index contributed by atoms with van der Waals surface area (Å²) in [6, 6.07) is 4.78. The third-order valence-electron chi connectivity index (χ3n) is 2.99. The van der Waals surface area contributed by atoms with E-state index in [0.29, 0.717) is 11.1 Å². The van der Waals surface area contributed by atoms with Crippen molar-refractivity contribution in [2.75, 3.05) is 11.5 Å². The van der Waals surface area contributed by atoms with Gasteiger partial charge in [0.05, 0.1) is 10.5 Å². The van der Waals surface area contributed by atoms with Crippen LogP contribution in [-0.4, -0.2) is 22.2 Å². The van der Waals surface area contributed by atoms with Gasteiger partial charge in [-0.3, -0.25) is 14.9 Å². The Kier molecular flexibility index (Phi) is 3.47. The molecule has 1 aromatic carbocycles. The van der Waals surface area contributed by atoms with Gasteiger partial charge in [0, 0.05) is 17.7 Å². The first-order chi connectivity index (χ1) is 8.11. The topological polar surface area (TPSA) is 60.2 Å². The fourth-order valence-corrected chi connectivity index (χ4v) is 3.29. The van der Waals surface area contributed by atoms with E-state index in [0.717, 1.165) is 17.9 Å². The number of thioether (sulfide) groups is 1. The SMILES string of the molecule is Cc1cccc([N+](=O)[O-])c1C(=O)C1CCSC1. The van der Waals surface area contributed by atoms with E-state index in [9.17, 15) is 14.9 Å². The average molecular weight is 251 g/mol. The Morgan fingerprint density at radius 2 is 2.29 bits per heavy atom. The molecule has 0 amide bonds. The molecule has 0 aliphatic carbocycles. The van der Waals surface area contributed by atoms with Crippen LogP contribution in [0.2, 0.25) is 0 Å². The van der Waals surface area contributed by atoms with Crippen LogP contribution in [0, 0.1) is 23.0 Å². The van der Waals surface area contributed by atoms with Gasteiger partial charge in [-0.2, -0.15) is 11.8 Å². The Balaban J connectivity index is 2.42. The number of hydrogen-bond donors (Lipinski definition) is 0. The highest BCUT2D eigenvalue weighted by Gasteiger charge is 2.30. The van der Waals surface area contributed by atoms with Gasteiger partial charge in [0.25, 0.3) is 5.69 Å². The van der Waals surface area contributed by atoms with Crippen LogP contribution >= 0.6 is 11.8 Å². The van der Waals surface area contributed by atoms with E-state index in [2.05, 4.69) is 0 Å². The summed E-state index contributed by atoms with van der Waals surface area (Å²) in [5, 5.41) is 10.9. The predicted octanol–water partition coefficient (Wildman–Crippen LogP) is 2.84. The van der Waals surface area contributed by atoms with E-state index in [1.165, 1.54) is 6.07 Å². The summed E-state index contributed by atoms with van der Waals surface area (Å²) in [6.45, 7) is 1.75. The summed E-state index contributed by atoms with van der Waals surface area (Å²) in [4.78, 5) is 22.7. The van der Waals surface area contributed by atoms with Gasteiger partial charge in [-0.1, -0.05) is 12.1 Å². The highest BCUT2D eigenvalue weighted by Crippen LogP contribution is 2.31. The molecule has 1 aromatic rings. The molecule has 1 unspecified atom stereocenters. The number of hydrogen-bond acceptors (Lipinski definition) is 4. The minimum atomic E-state index is -0.470. The lowest BCUT2D eigenvalue weighted by atomic mass is 9.93. The Morgan fingerprint density at radius 1 is 1.53 bits per heavy atom. The second kappa shape index (κ2) is 4.87. The van der Waals surface area contributed by atoms with E-state index in [1.807, 2.05) is 0 Å². The van der Waals surface area contributed by atoms with E-state index < -0.39 is 4.92 Å². The Labute approximate surface area is 104 Å². The monoisotopic (exact) mass is 251 g/mol. The van der Waals surface area contributed by atoms with Gasteiger partial charge in [-0.15, -0.1) is 0 Å². The first-order valence-corrected chi connectivity index (χ1v) is 6.62. The van der Waals surface area contributed by atoms with Crippen LogP contribution in [-0.2, 0) is 0 Å². The van der Waals surface area contributed by atoms with Gasteiger partial charge < -0.3 is 0 Å². The maximum Gasteiger partial charge on any atom is 0.280 e. The largest absolute Gasteiger partial charge is 0.294 e. The van der Waals surface area contributed by atoms with Crippen molar-refractivity contribution >= 4 is 23.2 Å². The highest BCUT2D eigenvalue weighted by molar-refractivity contribution is 7.99. The first kappa shape index (κ1) is 12.1. The molecule has 1 heterocycles. The van der Waals surface area contributed by atoms with Crippen LogP contribution in [0.1, 0.15) is 22.3 Å². The van der Waals surface area contributed by atoms with E-state index >= 15 is 0 Å². The molecule has 1 aliphatic rings. The van der Waals surface area contributed by atoms with Gasteiger partial charge in [0.1, 0.15) is 0 Å². The van der Waals surface area contributed by atoms with Crippen molar-refractivity contribution < 1.29 is 9.72 Å². The lowest BCUT2D eigenvalue weighted by Crippen LogP contribution is -2.16. The van der Waals surface area contributed by atoms with E-state index in [4.69, 9.17) is 0 Å². The molecule has 0 aromatic heterocycles. The third-order valence-corrected chi connectivity index (χ3v) is 4.16. The Morgan fingerprint density at radius 3 is 2.88 bits per heavy atom. The molecule has 1 fully saturated rings. The van der Waals surface area contributed by atoms with E-state index in [1.54, 1.807) is 30.8 Å². The van der Waals surface area contributed by atoms with Crippen LogP contribution in [0.15, 0.2) is 18.2 Å². The Hall–Kier alpha value is -1.36. The fraction of sp³-hybridized carbons (Fsp3) is 0.417. The lowest BCUT2D eigenvalue weighted by Gasteiger charge is -2.10. The number of aryl methyl sites for hydroxylation is 1. The average Bonchev–Trinajstić information content (AvgIpc) is 2.81. The molecule has 90 valence electrons. The second-order valence-corrected chi connectivity index (χ2v) is 5.30. The van der Waals surface area contributed by atoms with Crippen molar-refractivity contribution in [1.82, 2.24) is 0 Å². The van der Waals surface area contributed by atoms with Gasteiger partial charge in [0.2, 0.25) is 0 Å². The van der Waals surface area contributed by atoms with Crippen LogP contribution in [0.25, 0.3) is 0 Å². The van der Waals surface area contributed by atoms with Crippen molar-refractivity contribution in [3.8, 4) is 0 Å². The number of ketones is 1. The molecule has 2 rings (SSSR count). The minimum absolute atomic E-state index is 0.0557. The summed E-state index contributed by atoms with van der Waals surface area (Å²) < 4.78 is 0. The summed E-state index contributed by atoms with van der Waals surface area (Å²) in [5.41, 5.74) is 0.929. The number of Topliss-reactive ketones (excluding diaryl/α,β-unsaturated/α-hetero) is 1. The third kappa shape index (κ3) is 2.34. The zero-order valence-electron chi connectivity index (χ0n) is 9.51. The van der Waals surface area contributed by atoms with Crippen molar-refractivity contribution in [2.45, 2.75) is 13.3 Å². The smallest absolute Gasteiger partial charge is 0.280 e. The molecule has 0 spiro atoms. The van der Waals surface area contributed by atoms with Crippen LogP contribution in [0.5, 0.6) is 0 Å². The quantitative estimate of drug-likeness (QED) is 0.471. The molecule has 0 saturated carbocycles. The van der Waals surface area contributed by atoms with Crippen LogP contribution in [0.3, 0.4) is 0 Å². The predicted molar refractivity (Wildman–Crippen MR) is 67.6 cm³/mol. The number of rotatable bonds is 3.